The standard InChI is InChI=1S/C8H8F2INO2S/c9-8(10,4-5-11)15(13,14)7-3-1-2-6-12-7/h1-3,6H,4-5H2. The average molecular weight is 347 g/mol. The first-order chi connectivity index (χ1) is 6.92. The first-order valence-corrected chi connectivity index (χ1v) is 7.02. The molecule has 1 rings (SSSR count). The molecule has 0 aromatic carbocycles. The maximum atomic E-state index is 13.3. The Bertz CT molecular complexity index is 422. The van der Waals surface area contributed by atoms with Crippen LogP contribution in [0.2, 0.25) is 0 Å². The van der Waals surface area contributed by atoms with Crippen molar-refractivity contribution in [2.75, 3.05) is 4.43 Å². The summed E-state index contributed by atoms with van der Waals surface area (Å²) in [6, 6.07) is 3.89. The van der Waals surface area contributed by atoms with Gasteiger partial charge < -0.3 is 0 Å². The summed E-state index contributed by atoms with van der Waals surface area (Å²) in [5, 5.41) is -4.33. The van der Waals surface area contributed by atoms with Gasteiger partial charge in [-0.3, -0.25) is 0 Å². The molecule has 1 aromatic heterocycles. The summed E-state index contributed by atoms with van der Waals surface area (Å²) >= 11 is 1.71. The Labute approximate surface area is 100.0 Å². The first kappa shape index (κ1) is 12.8. The Morgan fingerprint density at radius 2 is 2.07 bits per heavy atom. The van der Waals surface area contributed by atoms with Crippen molar-refractivity contribution in [2.45, 2.75) is 16.7 Å². The van der Waals surface area contributed by atoms with E-state index in [1.54, 1.807) is 22.6 Å². The predicted molar refractivity (Wildman–Crippen MR) is 59.9 cm³/mol. The normalized spacial score (nSPS) is 12.7. The van der Waals surface area contributed by atoms with Gasteiger partial charge in [0.2, 0.25) is 0 Å². The van der Waals surface area contributed by atoms with Crippen molar-refractivity contribution >= 4 is 32.4 Å². The number of rotatable bonds is 4. The molecule has 0 aliphatic rings. The molecule has 0 atom stereocenters. The molecule has 15 heavy (non-hydrogen) atoms. The molecule has 7 heteroatoms. The lowest BCUT2D eigenvalue weighted by Gasteiger charge is -2.14. The van der Waals surface area contributed by atoms with Gasteiger partial charge in [0.1, 0.15) is 0 Å². The summed E-state index contributed by atoms with van der Waals surface area (Å²) in [6.45, 7) is 0. The van der Waals surface area contributed by atoms with Gasteiger partial charge in [-0.15, -0.1) is 0 Å². The van der Waals surface area contributed by atoms with Crippen LogP contribution in [-0.4, -0.2) is 23.1 Å². The van der Waals surface area contributed by atoms with Crippen LogP contribution < -0.4 is 0 Å². The van der Waals surface area contributed by atoms with Gasteiger partial charge >= 0.3 is 5.25 Å². The smallest absolute Gasteiger partial charge is 0.245 e. The average Bonchev–Trinajstić information content (AvgIpc) is 2.19. The molecule has 0 saturated carbocycles. The molecule has 0 unspecified atom stereocenters. The maximum absolute atomic E-state index is 13.3. The van der Waals surface area contributed by atoms with Gasteiger partial charge in [-0.25, -0.2) is 13.4 Å². The lowest BCUT2D eigenvalue weighted by Crippen LogP contribution is -2.29. The van der Waals surface area contributed by atoms with Gasteiger partial charge in [-0.2, -0.15) is 8.78 Å². The van der Waals surface area contributed by atoms with Gasteiger partial charge in [0, 0.05) is 17.0 Å². The summed E-state index contributed by atoms with van der Waals surface area (Å²) in [7, 11) is -4.65. The lowest BCUT2D eigenvalue weighted by atomic mass is 10.5. The van der Waals surface area contributed by atoms with Crippen molar-refractivity contribution in [1.82, 2.24) is 4.98 Å². The molecule has 0 saturated heterocycles. The highest BCUT2D eigenvalue weighted by Gasteiger charge is 2.45. The third-order valence-corrected chi connectivity index (χ3v) is 4.01. The number of sulfone groups is 1. The molecule has 1 aromatic rings. The van der Waals surface area contributed by atoms with Crippen molar-refractivity contribution in [3.05, 3.63) is 24.4 Å². The fourth-order valence-corrected chi connectivity index (χ4v) is 3.08. The molecule has 0 aliphatic carbocycles. The van der Waals surface area contributed by atoms with E-state index in [0.717, 1.165) is 6.07 Å². The zero-order chi connectivity index (χ0) is 11.5. The van der Waals surface area contributed by atoms with Crippen LogP contribution in [-0.2, 0) is 9.84 Å². The Morgan fingerprint density at radius 1 is 1.40 bits per heavy atom. The van der Waals surface area contributed by atoms with Crippen molar-refractivity contribution in [1.29, 1.82) is 0 Å². The minimum atomic E-state index is -4.65. The van der Waals surface area contributed by atoms with Gasteiger partial charge in [-0.05, 0) is 12.1 Å². The van der Waals surface area contributed by atoms with Crippen LogP contribution in [0.5, 0.6) is 0 Å². The van der Waals surface area contributed by atoms with Crippen molar-refractivity contribution < 1.29 is 17.2 Å². The number of hydrogen-bond acceptors (Lipinski definition) is 3. The van der Waals surface area contributed by atoms with Crippen LogP contribution in [0.3, 0.4) is 0 Å². The molecule has 0 N–H and O–H groups in total. The molecule has 0 amide bonds. The van der Waals surface area contributed by atoms with Crippen LogP contribution in [0.15, 0.2) is 29.4 Å². The van der Waals surface area contributed by atoms with E-state index in [0.29, 0.717) is 0 Å². The Kier molecular flexibility index (Phi) is 3.99. The summed E-state index contributed by atoms with van der Waals surface area (Å²) in [5.74, 6) is 0. The van der Waals surface area contributed by atoms with E-state index in [-0.39, 0.29) is 4.43 Å². The molecule has 3 nitrogen and oxygen atoms in total. The number of hydrogen-bond donors (Lipinski definition) is 0. The fourth-order valence-electron chi connectivity index (χ4n) is 0.903. The van der Waals surface area contributed by atoms with Gasteiger partial charge in [0.15, 0.2) is 5.03 Å². The molecule has 0 spiro atoms. The SMILES string of the molecule is O=S(=O)(c1ccccn1)C(F)(F)CCI. The molecule has 0 bridgehead atoms. The first-order valence-electron chi connectivity index (χ1n) is 4.01. The topological polar surface area (TPSA) is 47.0 Å². The molecule has 0 aliphatic heterocycles. The van der Waals surface area contributed by atoms with Gasteiger partial charge in [0.25, 0.3) is 9.84 Å². The zero-order valence-electron chi connectivity index (χ0n) is 7.53. The van der Waals surface area contributed by atoms with E-state index in [9.17, 15) is 17.2 Å². The Hall–Kier alpha value is -0.310. The minimum Gasteiger partial charge on any atom is -0.245 e. The highest BCUT2D eigenvalue weighted by atomic mass is 127. The third-order valence-electron chi connectivity index (χ3n) is 1.69. The molecular formula is C8H8F2INO2S. The van der Waals surface area contributed by atoms with E-state index in [1.165, 1.54) is 18.3 Å². The molecule has 1 heterocycles. The summed E-state index contributed by atoms with van der Waals surface area (Å²) < 4.78 is 49.4. The highest BCUT2D eigenvalue weighted by molar-refractivity contribution is 14.1. The van der Waals surface area contributed by atoms with Gasteiger partial charge in [0.05, 0.1) is 0 Å². The van der Waals surface area contributed by atoms with Crippen molar-refractivity contribution in [3.63, 3.8) is 0 Å². The molecule has 84 valence electrons. The number of pyridine rings is 1. The quantitative estimate of drug-likeness (QED) is 0.620. The van der Waals surface area contributed by atoms with E-state index in [2.05, 4.69) is 4.98 Å². The molecular weight excluding hydrogens is 339 g/mol. The second-order valence-corrected chi connectivity index (χ2v) is 5.85. The van der Waals surface area contributed by atoms with Crippen LogP contribution >= 0.6 is 22.6 Å². The minimum absolute atomic E-state index is 0.0663. The number of nitrogens with zero attached hydrogens (tertiary/aromatic N) is 1. The van der Waals surface area contributed by atoms with Gasteiger partial charge in [-0.1, -0.05) is 28.7 Å². The van der Waals surface area contributed by atoms with Crippen molar-refractivity contribution in [3.8, 4) is 0 Å². The second kappa shape index (κ2) is 4.69. The maximum Gasteiger partial charge on any atom is 0.352 e. The van der Waals surface area contributed by atoms with Crippen molar-refractivity contribution in [2.24, 2.45) is 0 Å². The van der Waals surface area contributed by atoms with Crippen LogP contribution in [0.1, 0.15) is 6.42 Å². The Balaban J connectivity index is 3.14. The zero-order valence-corrected chi connectivity index (χ0v) is 10.5. The Morgan fingerprint density at radius 3 is 2.53 bits per heavy atom. The summed E-state index contributed by atoms with van der Waals surface area (Å²) in [5.41, 5.74) is 0. The highest BCUT2D eigenvalue weighted by Crippen LogP contribution is 2.31. The van der Waals surface area contributed by atoms with E-state index >= 15 is 0 Å². The summed E-state index contributed by atoms with van der Waals surface area (Å²) in [6.07, 6.45) is 0.472. The van der Waals surface area contributed by atoms with E-state index in [4.69, 9.17) is 0 Å². The second-order valence-electron chi connectivity index (χ2n) is 2.75. The predicted octanol–water partition coefficient (Wildman–Crippen LogP) is 2.27. The van der Waals surface area contributed by atoms with E-state index < -0.39 is 26.5 Å². The monoisotopic (exact) mass is 347 g/mol. The van der Waals surface area contributed by atoms with Crippen LogP contribution in [0, 0.1) is 0 Å². The fraction of sp³-hybridized carbons (Fsp3) is 0.375. The molecule has 0 radical (unpaired) electrons. The number of alkyl halides is 3. The van der Waals surface area contributed by atoms with Crippen LogP contribution in [0.4, 0.5) is 8.78 Å². The number of aromatic nitrogens is 1. The summed E-state index contributed by atoms with van der Waals surface area (Å²) in [4.78, 5) is 3.43. The lowest BCUT2D eigenvalue weighted by molar-refractivity contribution is 0.0896. The molecule has 0 fully saturated rings. The third kappa shape index (κ3) is 2.63. The van der Waals surface area contributed by atoms with E-state index in [1.807, 2.05) is 0 Å². The largest absolute Gasteiger partial charge is 0.352 e. The number of halogens is 3. The van der Waals surface area contributed by atoms with Crippen LogP contribution in [0.25, 0.3) is 0 Å².